The first-order chi connectivity index (χ1) is 8.35. The average Bonchev–Trinajstić information content (AvgIpc) is 2.98. The monoisotopic (exact) mass is 273 g/mol. The zero-order valence-electron chi connectivity index (χ0n) is 9.49. The Hall–Kier alpha value is -1.90. The van der Waals surface area contributed by atoms with Gasteiger partial charge in [0.15, 0.2) is 0 Å². The van der Waals surface area contributed by atoms with E-state index in [1.54, 1.807) is 0 Å². The second-order valence-electron chi connectivity index (χ2n) is 3.99. The fourth-order valence-electron chi connectivity index (χ4n) is 1.27. The van der Waals surface area contributed by atoms with Crippen LogP contribution in [0.3, 0.4) is 0 Å². The number of sulfonamides is 1. The Kier molecular flexibility index (Phi) is 3.07. The molecule has 0 atom stereocenters. The molecule has 0 aliphatic heterocycles. The molecule has 1 aliphatic carbocycles. The molecule has 0 unspecified atom stereocenters. The molecule has 0 spiro atoms. The van der Waals surface area contributed by atoms with Crippen molar-refractivity contribution in [3.8, 4) is 5.75 Å². The van der Waals surface area contributed by atoms with Gasteiger partial charge in [-0.25, -0.2) is 13.4 Å². The van der Waals surface area contributed by atoms with Crippen LogP contribution in [0.15, 0.2) is 12.3 Å². The lowest BCUT2D eigenvalue weighted by Gasteiger charge is -2.07. The summed E-state index contributed by atoms with van der Waals surface area (Å²) in [4.78, 5) is 13.8. The van der Waals surface area contributed by atoms with Crippen LogP contribution in [0.2, 0.25) is 0 Å². The second-order valence-corrected chi connectivity index (χ2v) is 5.73. The van der Waals surface area contributed by atoms with Crippen LogP contribution in [0.25, 0.3) is 0 Å². The summed E-state index contributed by atoms with van der Waals surface area (Å²) in [5.41, 5.74) is -0.277. The van der Waals surface area contributed by atoms with Gasteiger partial charge in [-0.1, -0.05) is 0 Å². The molecule has 2 rings (SSSR count). The third-order valence-corrected chi connectivity index (χ3v) is 2.73. The van der Waals surface area contributed by atoms with Crippen LogP contribution < -0.4 is 9.46 Å². The molecule has 1 N–H and O–H groups in total. The van der Waals surface area contributed by atoms with Crippen molar-refractivity contribution in [3.05, 3.63) is 22.4 Å². The Morgan fingerprint density at radius 3 is 2.72 bits per heavy atom. The summed E-state index contributed by atoms with van der Waals surface area (Å²) >= 11 is 0. The predicted molar refractivity (Wildman–Crippen MR) is 63.0 cm³/mol. The molecule has 18 heavy (non-hydrogen) atoms. The van der Waals surface area contributed by atoms with Gasteiger partial charge in [-0.05, 0) is 12.8 Å². The zero-order chi connectivity index (χ0) is 13.3. The number of nitrogens with one attached hydrogen (secondary N) is 1. The number of rotatable bonds is 5. The molecule has 0 saturated heterocycles. The van der Waals surface area contributed by atoms with Crippen molar-refractivity contribution in [2.45, 2.75) is 18.9 Å². The highest BCUT2D eigenvalue weighted by molar-refractivity contribution is 7.92. The van der Waals surface area contributed by atoms with Gasteiger partial charge in [0.1, 0.15) is 12.0 Å². The van der Waals surface area contributed by atoms with Crippen LogP contribution in [0.5, 0.6) is 5.75 Å². The molecule has 0 bridgehead atoms. The average molecular weight is 273 g/mol. The quantitative estimate of drug-likeness (QED) is 0.630. The van der Waals surface area contributed by atoms with E-state index in [1.165, 1.54) is 6.07 Å². The Morgan fingerprint density at radius 2 is 2.22 bits per heavy atom. The predicted octanol–water partition coefficient (Wildman–Crippen LogP) is 0.902. The smallest absolute Gasteiger partial charge is 0.329 e. The minimum Gasteiger partial charge on any atom is -0.483 e. The van der Waals surface area contributed by atoms with E-state index in [4.69, 9.17) is 4.74 Å². The van der Waals surface area contributed by atoms with Gasteiger partial charge in [0.05, 0.1) is 17.3 Å². The topological polar surface area (TPSA) is 111 Å². The standard InChI is InChI=1S/C9H11N3O5S/c1-18(15,16)11-9-4-8(17-6-2-3-6)7(5-10-9)12(13)14/h4-6H,2-3H2,1H3,(H,10,11). The normalized spacial score (nSPS) is 15.2. The summed E-state index contributed by atoms with van der Waals surface area (Å²) in [6, 6.07) is 1.22. The zero-order valence-corrected chi connectivity index (χ0v) is 10.3. The summed E-state index contributed by atoms with van der Waals surface area (Å²) in [6.45, 7) is 0. The number of ether oxygens (including phenoxy) is 1. The number of pyridine rings is 1. The van der Waals surface area contributed by atoms with Crippen molar-refractivity contribution in [2.24, 2.45) is 0 Å². The number of nitro groups is 1. The first-order valence-corrected chi connectivity index (χ1v) is 7.03. The Labute approximate surface area is 103 Å². The van der Waals surface area contributed by atoms with Crippen molar-refractivity contribution in [2.75, 3.05) is 11.0 Å². The van der Waals surface area contributed by atoms with E-state index in [2.05, 4.69) is 9.71 Å². The van der Waals surface area contributed by atoms with Crippen molar-refractivity contribution >= 4 is 21.5 Å². The van der Waals surface area contributed by atoms with Gasteiger partial charge in [-0.2, -0.15) is 0 Å². The molecule has 0 amide bonds. The second kappa shape index (κ2) is 4.41. The lowest BCUT2D eigenvalue weighted by atomic mass is 10.4. The minimum absolute atomic E-state index is 0.00116. The first kappa shape index (κ1) is 12.6. The summed E-state index contributed by atoms with van der Waals surface area (Å²) in [6.07, 6.45) is 3.60. The molecular formula is C9H11N3O5S. The van der Waals surface area contributed by atoms with Crippen LogP contribution in [0.1, 0.15) is 12.8 Å². The summed E-state index contributed by atoms with van der Waals surface area (Å²) in [7, 11) is -3.48. The molecule has 1 fully saturated rings. The van der Waals surface area contributed by atoms with Gasteiger partial charge in [0.25, 0.3) is 0 Å². The van der Waals surface area contributed by atoms with E-state index in [0.29, 0.717) is 0 Å². The summed E-state index contributed by atoms with van der Waals surface area (Å²) in [5, 5.41) is 10.8. The molecule has 0 aromatic carbocycles. The van der Waals surface area contributed by atoms with E-state index in [1.807, 2.05) is 0 Å². The van der Waals surface area contributed by atoms with E-state index < -0.39 is 14.9 Å². The molecule has 1 heterocycles. The highest BCUT2D eigenvalue weighted by atomic mass is 32.2. The molecule has 0 radical (unpaired) electrons. The highest BCUT2D eigenvalue weighted by Gasteiger charge is 2.28. The summed E-state index contributed by atoms with van der Waals surface area (Å²) < 4.78 is 29.6. The maximum atomic E-state index is 11.0. The fraction of sp³-hybridized carbons (Fsp3) is 0.444. The lowest BCUT2D eigenvalue weighted by Crippen LogP contribution is -2.11. The van der Waals surface area contributed by atoms with Gasteiger partial charge in [0.2, 0.25) is 15.8 Å². The summed E-state index contributed by atoms with van der Waals surface area (Å²) in [5.74, 6) is 0.0300. The minimum atomic E-state index is -3.48. The largest absolute Gasteiger partial charge is 0.483 e. The molecule has 9 heteroatoms. The first-order valence-electron chi connectivity index (χ1n) is 5.14. The number of hydrogen-bond donors (Lipinski definition) is 1. The molecule has 1 aromatic rings. The third-order valence-electron chi connectivity index (χ3n) is 2.15. The van der Waals surface area contributed by atoms with Gasteiger partial charge >= 0.3 is 5.69 Å². The maximum absolute atomic E-state index is 11.0. The Balaban J connectivity index is 2.31. The van der Waals surface area contributed by atoms with Crippen LogP contribution >= 0.6 is 0 Å². The van der Waals surface area contributed by atoms with Gasteiger partial charge in [-0.15, -0.1) is 0 Å². The van der Waals surface area contributed by atoms with Crippen LogP contribution in [0.4, 0.5) is 11.5 Å². The number of nitrogens with zero attached hydrogens (tertiary/aromatic N) is 2. The molecular weight excluding hydrogens is 262 g/mol. The van der Waals surface area contributed by atoms with Crippen LogP contribution in [0, 0.1) is 10.1 Å². The Bertz CT molecular complexity index is 582. The molecule has 8 nitrogen and oxygen atoms in total. The van der Waals surface area contributed by atoms with Crippen LogP contribution in [-0.4, -0.2) is 30.7 Å². The lowest BCUT2D eigenvalue weighted by molar-refractivity contribution is -0.386. The molecule has 1 saturated carbocycles. The van der Waals surface area contributed by atoms with Gasteiger partial charge in [0, 0.05) is 6.07 Å². The highest BCUT2D eigenvalue weighted by Crippen LogP contribution is 2.34. The molecule has 1 aliphatic rings. The van der Waals surface area contributed by atoms with E-state index >= 15 is 0 Å². The van der Waals surface area contributed by atoms with Crippen molar-refractivity contribution in [3.63, 3.8) is 0 Å². The van der Waals surface area contributed by atoms with Gasteiger partial charge < -0.3 is 4.74 Å². The number of anilines is 1. The van der Waals surface area contributed by atoms with Crippen molar-refractivity contribution in [1.29, 1.82) is 0 Å². The fourth-order valence-corrected chi connectivity index (χ4v) is 1.76. The maximum Gasteiger partial charge on any atom is 0.329 e. The van der Waals surface area contributed by atoms with E-state index in [-0.39, 0.29) is 23.4 Å². The van der Waals surface area contributed by atoms with E-state index in [0.717, 1.165) is 25.3 Å². The van der Waals surface area contributed by atoms with Gasteiger partial charge in [-0.3, -0.25) is 14.8 Å². The van der Waals surface area contributed by atoms with E-state index in [9.17, 15) is 18.5 Å². The number of hydrogen-bond acceptors (Lipinski definition) is 6. The van der Waals surface area contributed by atoms with Crippen molar-refractivity contribution < 1.29 is 18.1 Å². The number of aromatic nitrogens is 1. The van der Waals surface area contributed by atoms with Crippen LogP contribution in [-0.2, 0) is 10.0 Å². The third kappa shape index (κ3) is 3.29. The van der Waals surface area contributed by atoms with Crippen molar-refractivity contribution in [1.82, 2.24) is 4.98 Å². The molecule has 1 aromatic heterocycles. The molecule has 98 valence electrons. The Morgan fingerprint density at radius 1 is 1.56 bits per heavy atom. The SMILES string of the molecule is CS(=O)(=O)Nc1cc(OC2CC2)c([N+](=O)[O-])cn1.